The fourth-order valence-electron chi connectivity index (χ4n) is 7.28. The molecule has 1 aliphatic carbocycles. The van der Waals surface area contributed by atoms with E-state index < -0.39 is 5.79 Å². The zero-order valence-electron chi connectivity index (χ0n) is 29.8. The summed E-state index contributed by atoms with van der Waals surface area (Å²) in [6.07, 6.45) is 5.77. The van der Waals surface area contributed by atoms with E-state index >= 15 is 4.39 Å². The van der Waals surface area contributed by atoms with Gasteiger partial charge in [0.1, 0.15) is 53.5 Å². The van der Waals surface area contributed by atoms with Gasteiger partial charge in [-0.2, -0.15) is 5.10 Å². The highest BCUT2D eigenvalue weighted by Crippen LogP contribution is 2.45. The number of benzene rings is 3. The first-order valence-corrected chi connectivity index (χ1v) is 17.8. The van der Waals surface area contributed by atoms with E-state index in [9.17, 15) is 0 Å². The number of nitrogens with zero attached hydrogens (tertiary/aromatic N) is 6. The van der Waals surface area contributed by atoms with Crippen molar-refractivity contribution in [2.45, 2.75) is 63.8 Å². The first-order chi connectivity index (χ1) is 25.6. The quantitative estimate of drug-likeness (QED) is 0.133. The lowest BCUT2D eigenvalue weighted by Gasteiger charge is -2.26. The molecule has 8 rings (SSSR count). The number of pyridine rings is 1. The zero-order valence-corrected chi connectivity index (χ0v) is 30.5. The molecule has 1 aliphatic heterocycles. The van der Waals surface area contributed by atoms with Crippen molar-refractivity contribution in [3.63, 3.8) is 0 Å². The molecule has 2 N–H and O–H groups in total. The Morgan fingerprint density at radius 2 is 1.57 bits per heavy atom. The van der Waals surface area contributed by atoms with Gasteiger partial charge in [-0.3, -0.25) is 0 Å². The zero-order chi connectivity index (χ0) is 36.9. The number of rotatable bonds is 11. The molecule has 3 aromatic carbocycles. The van der Waals surface area contributed by atoms with E-state index in [1.165, 1.54) is 6.33 Å². The van der Waals surface area contributed by atoms with Gasteiger partial charge in [0.2, 0.25) is 0 Å². The van der Waals surface area contributed by atoms with Gasteiger partial charge in [-0.15, -0.1) is 0 Å². The Kier molecular flexibility index (Phi) is 9.13. The highest BCUT2D eigenvalue weighted by atomic mass is 35.5. The topological polar surface area (TPSA) is 123 Å². The van der Waals surface area contributed by atoms with E-state index in [2.05, 4.69) is 26.0 Å². The van der Waals surface area contributed by atoms with Crippen molar-refractivity contribution in [1.82, 2.24) is 24.7 Å². The average molecular weight is 736 g/mol. The van der Waals surface area contributed by atoms with Crippen LogP contribution in [0.15, 0.2) is 90.9 Å². The van der Waals surface area contributed by atoms with Crippen LogP contribution in [-0.2, 0) is 29.0 Å². The van der Waals surface area contributed by atoms with Crippen LogP contribution in [0.1, 0.15) is 43.0 Å². The summed E-state index contributed by atoms with van der Waals surface area (Å²) in [5.74, 6) is 1.29. The van der Waals surface area contributed by atoms with Crippen molar-refractivity contribution in [2.24, 2.45) is 0 Å². The van der Waals surface area contributed by atoms with Crippen molar-refractivity contribution >= 4 is 45.2 Å². The van der Waals surface area contributed by atoms with Gasteiger partial charge in [0.15, 0.2) is 11.4 Å². The number of anilines is 2. The third-order valence-electron chi connectivity index (χ3n) is 9.87. The number of hydrogen-bond acceptors (Lipinski definition) is 10. The van der Waals surface area contributed by atoms with Gasteiger partial charge in [0, 0.05) is 18.5 Å². The predicted octanol–water partition coefficient (Wildman–Crippen LogP) is 7.61. The summed E-state index contributed by atoms with van der Waals surface area (Å²) in [7, 11) is 3.28. The van der Waals surface area contributed by atoms with Gasteiger partial charge in [-0.05, 0) is 91.4 Å². The van der Waals surface area contributed by atoms with Gasteiger partial charge in [-0.1, -0.05) is 41.9 Å². The Morgan fingerprint density at radius 1 is 0.887 bits per heavy atom. The van der Waals surface area contributed by atoms with Gasteiger partial charge in [0.05, 0.1) is 36.3 Å². The van der Waals surface area contributed by atoms with E-state index in [0.717, 1.165) is 33.8 Å². The van der Waals surface area contributed by atoms with Crippen molar-refractivity contribution < 1.29 is 23.3 Å². The molecule has 0 amide bonds. The van der Waals surface area contributed by atoms with Gasteiger partial charge >= 0.3 is 0 Å². The summed E-state index contributed by atoms with van der Waals surface area (Å²) in [5, 5.41) is 6.01. The molecule has 0 radical (unpaired) electrons. The molecule has 0 bridgehead atoms. The lowest BCUT2D eigenvalue weighted by molar-refractivity contribution is -0.148. The van der Waals surface area contributed by atoms with E-state index in [1.54, 1.807) is 32.5 Å². The molecule has 11 nitrogen and oxygen atoms in total. The van der Waals surface area contributed by atoms with Crippen LogP contribution < -0.4 is 20.1 Å². The van der Waals surface area contributed by atoms with Crippen LogP contribution in [0, 0.1) is 5.82 Å². The first-order valence-electron chi connectivity index (χ1n) is 17.4. The number of ether oxygens (including phenoxy) is 4. The number of hydrogen-bond donors (Lipinski definition) is 1. The summed E-state index contributed by atoms with van der Waals surface area (Å²) >= 11 is 6.89. The molecule has 0 spiro atoms. The number of aromatic nitrogens is 5. The maximum atomic E-state index is 15.8. The minimum atomic E-state index is -0.789. The first kappa shape index (κ1) is 34.8. The molecule has 3 aromatic heterocycles. The Labute approximate surface area is 311 Å². The Bertz CT molecular complexity index is 2280. The molecule has 3 atom stereocenters. The monoisotopic (exact) mass is 735 g/mol. The second-order valence-electron chi connectivity index (χ2n) is 13.8. The number of nitrogen functional groups attached to an aromatic ring is 1. The van der Waals surface area contributed by atoms with Crippen molar-refractivity contribution in [2.75, 3.05) is 24.9 Å². The maximum absolute atomic E-state index is 15.8. The van der Waals surface area contributed by atoms with E-state index in [4.69, 9.17) is 41.3 Å². The standard InChI is InChI=1S/C40H39ClFN7O4/c1-40(2)52-35-26(17-34(36(35)53-40)49-38-30(19-46-49)37(43)44-22-45-38)10-5-25-15-32(42)29-18-31(41)39(47-33(29)16-25)48(20-23-6-11-27(50-3)12-7-23)21-24-8-13-28(51-4)14-9-24/h6-9,11-19,22,34-36H,5,10,20-21H2,1-4H3,(H2,43,44,45)/t34-,35-,36+/m1/s1. The summed E-state index contributed by atoms with van der Waals surface area (Å²) in [5.41, 5.74) is 11.2. The molecule has 4 heterocycles. The molecule has 2 aliphatic rings. The van der Waals surface area contributed by atoms with Crippen molar-refractivity contribution in [3.05, 3.63) is 118 Å². The molecule has 53 heavy (non-hydrogen) atoms. The number of methoxy groups -OCH3 is 2. The lowest BCUT2D eigenvalue weighted by atomic mass is 10.0. The van der Waals surface area contributed by atoms with Crippen molar-refractivity contribution in [3.8, 4) is 11.5 Å². The molecule has 1 saturated heterocycles. The minimum Gasteiger partial charge on any atom is -0.497 e. The van der Waals surface area contributed by atoms with E-state index in [0.29, 0.717) is 64.5 Å². The summed E-state index contributed by atoms with van der Waals surface area (Å²) < 4.78 is 41.2. The molecular formula is C40H39ClFN7O4. The Balaban J connectivity index is 1.10. The molecule has 272 valence electrons. The molecule has 6 aromatic rings. The number of nitrogens with two attached hydrogens (primary N) is 1. The van der Waals surface area contributed by atoms with Crippen LogP contribution >= 0.6 is 11.6 Å². The third-order valence-corrected chi connectivity index (χ3v) is 10.1. The average Bonchev–Trinajstić information content (AvgIpc) is 3.82. The minimum absolute atomic E-state index is 0.273. The van der Waals surface area contributed by atoms with Crippen LogP contribution in [0.4, 0.5) is 16.0 Å². The molecular weight excluding hydrogens is 697 g/mol. The predicted molar refractivity (Wildman–Crippen MR) is 202 cm³/mol. The van der Waals surface area contributed by atoms with E-state index in [-0.39, 0.29) is 24.1 Å². The highest BCUT2D eigenvalue weighted by molar-refractivity contribution is 6.33. The van der Waals surface area contributed by atoms with Crippen LogP contribution in [0.2, 0.25) is 5.02 Å². The van der Waals surface area contributed by atoms with Crippen molar-refractivity contribution in [1.29, 1.82) is 0 Å². The number of fused-ring (bicyclic) bond motifs is 3. The molecule has 1 fully saturated rings. The largest absolute Gasteiger partial charge is 0.497 e. The second kappa shape index (κ2) is 13.9. The lowest BCUT2D eigenvalue weighted by Crippen LogP contribution is -2.28. The van der Waals surface area contributed by atoms with Crippen LogP contribution in [0.3, 0.4) is 0 Å². The highest BCUT2D eigenvalue weighted by Gasteiger charge is 2.51. The number of aryl methyl sites for hydroxylation is 1. The smallest absolute Gasteiger partial charge is 0.164 e. The normalized spacial score (nSPS) is 19.1. The van der Waals surface area contributed by atoms with Crippen LogP contribution in [0.5, 0.6) is 11.5 Å². The summed E-state index contributed by atoms with van der Waals surface area (Å²) in [4.78, 5) is 15.6. The van der Waals surface area contributed by atoms with Crippen LogP contribution in [0.25, 0.3) is 21.9 Å². The third kappa shape index (κ3) is 6.85. The summed E-state index contributed by atoms with van der Waals surface area (Å²) in [6, 6.07) is 20.6. The van der Waals surface area contributed by atoms with E-state index in [1.807, 2.05) is 73.1 Å². The fourth-order valence-corrected chi connectivity index (χ4v) is 7.55. The summed E-state index contributed by atoms with van der Waals surface area (Å²) in [6.45, 7) is 4.83. The number of halogens is 2. The Morgan fingerprint density at radius 3 is 2.23 bits per heavy atom. The SMILES string of the molecule is COc1ccc(CN(Cc2ccc(OC)cc2)c2nc3cc(CCC4=C[C@@H](n5ncc6c(N)ncnc65)[C@@H]5OC(C)(C)O[C@H]45)cc(F)c3cc2Cl)cc1. The maximum Gasteiger partial charge on any atom is 0.164 e. The Hall–Kier alpha value is -5.30. The van der Waals surface area contributed by atoms with Crippen LogP contribution in [-0.4, -0.2) is 56.9 Å². The fraction of sp³-hybridized carbons (Fsp3) is 0.300. The van der Waals surface area contributed by atoms with Gasteiger partial charge in [0.25, 0.3) is 0 Å². The molecule has 13 heteroatoms. The molecule has 0 saturated carbocycles. The second-order valence-corrected chi connectivity index (χ2v) is 14.2. The van der Waals surface area contributed by atoms with Gasteiger partial charge in [-0.25, -0.2) is 24.0 Å². The van der Waals surface area contributed by atoms with Gasteiger partial charge < -0.3 is 29.6 Å². The molecule has 0 unspecified atom stereocenters.